The summed E-state index contributed by atoms with van der Waals surface area (Å²) < 4.78 is 0. The highest BCUT2D eigenvalue weighted by atomic mass is 35.5. The maximum atomic E-state index is 5.83. The molecular formula is C12H15ClN6. The summed E-state index contributed by atoms with van der Waals surface area (Å²) in [5.41, 5.74) is 1.20. The maximum Gasteiger partial charge on any atom is 0.228 e. The Hall–Kier alpha value is -1.95. The largest absolute Gasteiger partial charge is 0.354 e. The van der Waals surface area contributed by atoms with Crippen LogP contribution < -0.4 is 10.6 Å². The van der Waals surface area contributed by atoms with Gasteiger partial charge in [0.15, 0.2) is 0 Å². The predicted octanol–water partition coefficient (Wildman–Crippen LogP) is 2.01. The fraction of sp³-hybridized carbons (Fsp3) is 0.333. The van der Waals surface area contributed by atoms with E-state index in [1.165, 1.54) is 5.56 Å². The molecule has 0 radical (unpaired) electrons. The van der Waals surface area contributed by atoms with Gasteiger partial charge in [0.2, 0.25) is 17.2 Å². The van der Waals surface area contributed by atoms with E-state index in [0.717, 1.165) is 19.5 Å². The Labute approximate surface area is 116 Å². The third-order valence-corrected chi connectivity index (χ3v) is 2.56. The van der Waals surface area contributed by atoms with Crippen LogP contribution >= 0.6 is 11.6 Å². The highest BCUT2D eigenvalue weighted by Gasteiger charge is 2.03. The minimum atomic E-state index is 0.178. The van der Waals surface area contributed by atoms with Crippen molar-refractivity contribution >= 4 is 23.5 Å². The summed E-state index contributed by atoms with van der Waals surface area (Å²) in [5, 5.41) is 6.31. The van der Waals surface area contributed by atoms with Crippen LogP contribution in [0.25, 0.3) is 0 Å². The summed E-state index contributed by atoms with van der Waals surface area (Å²) >= 11 is 5.83. The van der Waals surface area contributed by atoms with Crippen LogP contribution in [-0.2, 0) is 6.42 Å². The molecule has 6 nitrogen and oxygen atoms in total. The van der Waals surface area contributed by atoms with E-state index in [0.29, 0.717) is 11.9 Å². The van der Waals surface area contributed by atoms with Gasteiger partial charge in [-0.3, -0.25) is 4.98 Å². The summed E-state index contributed by atoms with van der Waals surface area (Å²) in [7, 11) is 0. The average molecular weight is 279 g/mol. The van der Waals surface area contributed by atoms with E-state index in [9.17, 15) is 0 Å². The van der Waals surface area contributed by atoms with Gasteiger partial charge in [-0.05, 0) is 42.6 Å². The highest BCUT2D eigenvalue weighted by molar-refractivity contribution is 6.28. The number of aromatic nitrogens is 4. The summed E-state index contributed by atoms with van der Waals surface area (Å²) in [6.07, 6.45) is 4.42. The molecule has 0 saturated carbocycles. The molecule has 2 aromatic rings. The van der Waals surface area contributed by atoms with Crippen molar-refractivity contribution in [1.82, 2.24) is 19.9 Å². The van der Waals surface area contributed by atoms with Crippen LogP contribution in [0, 0.1) is 0 Å². The average Bonchev–Trinajstić information content (AvgIpc) is 2.40. The molecule has 0 fully saturated rings. The van der Waals surface area contributed by atoms with E-state index in [-0.39, 0.29) is 5.28 Å². The molecule has 0 spiro atoms. The van der Waals surface area contributed by atoms with Crippen LogP contribution in [-0.4, -0.2) is 33.0 Å². The lowest BCUT2D eigenvalue weighted by Crippen LogP contribution is -2.11. The monoisotopic (exact) mass is 278 g/mol. The zero-order chi connectivity index (χ0) is 13.5. The van der Waals surface area contributed by atoms with Gasteiger partial charge < -0.3 is 10.6 Å². The van der Waals surface area contributed by atoms with Gasteiger partial charge in [-0.2, -0.15) is 15.0 Å². The predicted molar refractivity (Wildman–Crippen MR) is 75.4 cm³/mol. The van der Waals surface area contributed by atoms with Gasteiger partial charge in [-0.15, -0.1) is 0 Å². The molecule has 2 rings (SSSR count). The van der Waals surface area contributed by atoms with Crippen molar-refractivity contribution < 1.29 is 0 Å². The standard InChI is InChI=1S/C12H15ClN6/c1-2-15-11-17-10(13)18-12(19-11)16-8-5-9-3-6-14-7-4-9/h3-4,6-7H,2,5,8H2,1H3,(H2,15,16,17,18,19). The zero-order valence-electron chi connectivity index (χ0n) is 10.6. The summed E-state index contributed by atoms with van der Waals surface area (Å²) in [6.45, 7) is 3.42. The molecule has 100 valence electrons. The van der Waals surface area contributed by atoms with Crippen molar-refractivity contribution in [2.45, 2.75) is 13.3 Å². The Morgan fingerprint density at radius 2 is 1.74 bits per heavy atom. The molecule has 0 atom stereocenters. The molecule has 0 aromatic carbocycles. The molecule has 0 saturated heterocycles. The highest BCUT2D eigenvalue weighted by Crippen LogP contribution is 2.09. The van der Waals surface area contributed by atoms with Crippen LogP contribution in [0.15, 0.2) is 24.5 Å². The van der Waals surface area contributed by atoms with Crippen LogP contribution in [0.2, 0.25) is 5.28 Å². The van der Waals surface area contributed by atoms with E-state index >= 15 is 0 Å². The zero-order valence-corrected chi connectivity index (χ0v) is 11.4. The number of pyridine rings is 1. The van der Waals surface area contributed by atoms with Crippen molar-refractivity contribution in [2.24, 2.45) is 0 Å². The summed E-state index contributed by atoms with van der Waals surface area (Å²) in [4.78, 5) is 16.2. The number of rotatable bonds is 6. The van der Waals surface area contributed by atoms with Crippen molar-refractivity contribution in [3.63, 3.8) is 0 Å². The van der Waals surface area contributed by atoms with Gasteiger partial charge >= 0.3 is 0 Å². The number of nitrogens with one attached hydrogen (secondary N) is 2. The molecule has 7 heteroatoms. The number of anilines is 2. The minimum absolute atomic E-state index is 0.178. The molecule has 2 heterocycles. The lowest BCUT2D eigenvalue weighted by atomic mass is 10.2. The van der Waals surface area contributed by atoms with Crippen LogP contribution in [0.5, 0.6) is 0 Å². The first-order valence-electron chi connectivity index (χ1n) is 6.06. The third-order valence-electron chi connectivity index (χ3n) is 2.39. The SMILES string of the molecule is CCNc1nc(Cl)nc(NCCc2ccncc2)n1. The fourth-order valence-electron chi connectivity index (χ4n) is 1.53. The quantitative estimate of drug-likeness (QED) is 0.842. The molecule has 19 heavy (non-hydrogen) atoms. The Kier molecular flexibility index (Phi) is 4.85. The third kappa shape index (κ3) is 4.33. The first-order chi connectivity index (χ1) is 9.28. The lowest BCUT2D eigenvalue weighted by molar-refractivity contribution is 0.955. The van der Waals surface area contributed by atoms with Gasteiger partial charge in [-0.25, -0.2) is 0 Å². The van der Waals surface area contributed by atoms with Crippen molar-refractivity contribution in [1.29, 1.82) is 0 Å². The molecular weight excluding hydrogens is 264 g/mol. The second kappa shape index (κ2) is 6.84. The smallest absolute Gasteiger partial charge is 0.228 e. The Morgan fingerprint density at radius 1 is 1.05 bits per heavy atom. The number of hydrogen-bond acceptors (Lipinski definition) is 6. The summed E-state index contributed by atoms with van der Waals surface area (Å²) in [5.74, 6) is 0.957. The lowest BCUT2D eigenvalue weighted by Gasteiger charge is -2.07. The Bertz CT molecular complexity index is 519. The second-order valence-electron chi connectivity index (χ2n) is 3.81. The molecule has 0 amide bonds. The van der Waals surface area contributed by atoms with E-state index in [2.05, 4.69) is 30.6 Å². The molecule has 2 N–H and O–H groups in total. The Balaban J connectivity index is 1.92. The van der Waals surface area contributed by atoms with Crippen LogP contribution in [0.3, 0.4) is 0 Å². The Morgan fingerprint density at radius 3 is 2.42 bits per heavy atom. The number of halogens is 1. The second-order valence-corrected chi connectivity index (χ2v) is 4.15. The van der Waals surface area contributed by atoms with Gasteiger partial charge in [0.1, 0.15) is 0 Å². The fourth-order valence-corrected chi connectivity index (χ4v) is 1.69. The van der Waals surface area contributed by atoms with Crippen LogP contribution in [0.1, 0.15) is 12.5 Å². The van der Waals surface area contributed by atoms with E-state index in [1.54, 1.807) is 12.4 Å². The van der Waals surface area contributed by atoms with E-state index in [4.69, 9.17) is 11.6 Å². The van der Waals surface area contributed by atoms with E-state index < -0.39 is 0 Å². The molecule has 0 aliphatic heterocycles. The van der Waals surface area contributed by atoms with Crippen LogP contribution in [0.4, 0.5) is 11.9 Å². The molecule has 0 unspecified atom stereocenters. The van der Waals surface area contributed by atoms with Gasteiger partial charge in [0.05, 0.1) is 0 Å². The molecule has 0 aliphatic carbocycles. The summed E-state index contributed by atoms with van der Waals surface area (Å²) in [6, 6.07) is 3.96. The first kappa shape index (κ1) is 13.5. The van der Waals surface area contributed by atoms with Gasteiger partial charge in [0, 0.05) is 25.5 Å². The molecule has 0 aliphatic rings. The maximum absolute atomic E-state index is 5.83. The van der Waals surface area contributed by atoms with Crippen molar-refractivity contribution in [2.75, 3.05) is 23.7 Å². The normalized spacial score (nSPS) is 10.2. The van der Waals surface area contributed by atoms with Crippen molar-refractivity contribution in [3.05, 3.63) is 35.4 Å². The first-order valence-corrected chi connectivity index (χ1v) is 6.44. The molecule has 2 aromatic heterocycles. The van der Waals surface area contributed by atoms with Gasteiger partial charge in [-0.1, -0.05) is 0 Å². The topological polar surface area (TPSA) is 75.6 Å². The van der Waals surface area contributed by atoms with Gasteiger partial charge in [0.25, 0.3) is 0 Å². The number of hydrogen-bond donors (Lipinski definition) is 2. The number of nitrogens with zero attached hydrogens (tertiary/aromatic N) is 4. The van der Waals surface area contributed by atoms with E-state index in [1.807, 2.05) is 19.1 Å². The van der Waals surface area contributed by atoms with Crippen molar-refractivity contribution in [3.8, 4) is 0 Å². The minimum Gasteiger partial charge on any atom is -0.354 e. The molecule has 0 bridgehead atoms.